The van der Waals surface area contributed by atoms with Crippen molar-refractivity contribution in [3.63, 3.8) is 0 Å². The molecule has 0 atom stereocenters. The normalized spacial score (nSPS) is 10.4. The molecule has 0 unspecified atom stereocenters. The molecule has 3 nitrogen and oxygen atoms in total. The minimum atomic E-state index is -0.368. The van der Waals surface area contributed by atoms with Crippen molar-refractivity contribution in [1.29, 1.82) is 0 Å². The molecular formula is C14H17FO3. The van der Waals surface area contributed by atoms with Crippen molar-refractivity contribution in [2.24, 2.45) is 0 Å². The van der Waals surface area contributed by atoms with Gasteiger partial charge in [0.25, 0.3) is 0 Å². The molecule has 4 heteroatoms. The van der Waals surface area contributed by atoms with Crippen LogP contribution >= 0.6 is 0 Å². The summed E-state index contributed by atoms with van der Waals surface area (Å²) in [5.41, 5.74) is 0.466. The summed E-state index contributed by atoms with van der Waals surface area (Å²) in [6.07, 6.45) is 0.802. The Balaban J connectivity index is 2.33. The van der Waals surface area contributed by atoms with E-state index in [4.69, 9.17) is 4.74 Å². The molecule has 0 saturated heterocycles. The molecule has 98 valence electrons. The van der Waals surface area contributed by atoms with Gasteiger partial charge < -0.3 is 4.74 Å². The standard InChI is InChI=1S/C14H17FO3/c1-10(2)18-14(17)5-3-4-13(16)11-6-8-12(15)9-7-11/h6-10H,3-5H2,1-2H3. The fraction of sp³-hybridized carbons (Fsp3) is 0.429. The summed E-state index contributed by atoms with van der Waals surface area (Å²) in [7, 11) is 0. The Labute approximate surface area is 106 Å². The number of rotatable bonds is 6. The average molecular weight is 252 g/mol. The van der Waals surface area contributed by atoms with E-state index >= 15 is 0 Å². The van der Waals surface area contributed by atoms with Gasteiger partial charge in [0.05, 0.1) is 6.10 Å². The number of carbonyl (C=O) groups excluding carboxylic acids is 2. The lowest BCUT2D eigenvalue weighted by Crippen LogP contribution is -2.11. The molecule has 0 aromatic heterocycles. The molecule has 0 aliphatic carbocycles. The third kappa shape index (κ3) is 5.08. The summed E-state index contributed by atoms with van der Waals surface area (Å²) in [4.78, 5) is 22.9. The molecule has 0 N–H and O–H groups in total. The number of carbonyl (C=O) groups is 2. The van der Waals surface area contributed by atoms with Crippen molar-refractivity contribution in [3.05, 3.63) is 35.6 Å². The summed E-state index contributed by atoms with van der Waals surface area (Å²) < 4.78 is 17.6. The maximum absolute atomic E-state index is 12.7. The zero-order chi connectivity index (χ0) is 13.5. The molecule has 0 aliphatic heterocycles. The molecule has 18 heavy (non-hydrogen) atoms. The second kappa shape index (κ2) is 6.89. The van der Waals surface area contributed by atoms with Gasteiger partial charge in [-0.2, -0.15) is 0 Å². The topological polar surface area (TPSA) is 43.4 Å². The van der Waals surface area contributed by atoms with Crippen molar-refractivity contribution in [3.8, 4) is 0 Å². The lowest BCUT2D eigenvalue weighted by atomic mass is 10.1. The minimum absolute atomic E-state index is 0.0904. The highest BCUT2D eigenvalue weighted by molar-refractivity contribution is 5.96. The Bertz CT molecular complexity index is 410. The summed E-state index contributed by atoms with van der Waals surface area (Å²) in [5, 5.41) is 0. The lowest BCUT2D eigenvalue weighted by molar-refractivity contribution is -0.147. The van der Waals surface area contributed by atoms with E-state index in [-0.39, 0.29) is 36.5 Å². The first-order valence-corrected chi connectivity index (χ1v) is 5.97. The number of Topliss-reactive ketones (excluding diaryl/α,β-unsaturated/α-hetero) is 1. The Morgan fingerprint density at radius 1 is 1.17 bits per heavy atom. The highest BCUT2D eigenvalue weighted by Gasteiger charge is 2.09. The van der Waals surface area contributed by atoms with Crippen LogP contribution in [0.4, 0.5) is 4.39 Å². The summed E-state index contributed by atoms with van der Waals surface area (Å²) in [6, 6.07) is 5.40. The minimum Gasteiger partial charge on any atom is -0.463 e. The Hall–Kier alpha value is -1.71. The first-order chi connectivity index (χ1) is 8.49. The van der Waals surface area contributed by atoms with Crippen molar-refractivity contribution in [2.75, 3.05) is 0 Å². The van der Waals surface area contributed by atoms with Gasteiger partial charge in [-0.3, -0.25) is 9.59 Å². The van der Waals surface area contributed by atoms with Crippen LogP contribution in [0.15, 0.2) is 24.3 Å². The van der Waals surface area contributed by atoms with Crippen LogP contribution in [0.25, 0.3) is 0 Å². The summed E-state index contributed by atoms with van der Waals surface area (Å²) in [6.45, 7) is 3.56. The fourth-order valence-corrected chi connectivity index (χ4v) is 1.50. The van der Waals surface area contributed by atoms with Gasteiger partial charge >= 0.3 is 5.97 Å². The van der Waals surface area contributed by atoms with Crippen LogP contribution in [0.3, 0.4) is 0 Å². The monoisotopic (exact) mass is 252 g/mol. The lowest BCUT2D eigenvalue weighted by Gasteiger charge is -2.07. The zero-order valence-electron chi connectivity index (χ0n) is 10.6. The van der Waals surface area contributed by atoms with Crippen molar-refractivity contribution >= 4 is 11.8 Å². The second-order valence-corrected chi connectivity index (χ2v) is 4.32. The predicted octanol–water partition coefficient (Wildman–Crippen LogP) is 3.13. The van der Waals surface area contributed by atoms with Crippen LogP contribution in [0.5, 0.6) is 0 Å². The second-order valence-electron chi connectivity index (χ2n) is 4.32. The largest absolute Gasteiger partial charge is 0.463 e. The van der Waals surface area contributed by atoms with Crippen LogP contribution in [-0.2, 0) is 9.53 Å². The molecule has 1 aromatic rings. The molecule has 0 heterocycles. The highest BCUT2D eigenvalue weighted by Crippen LogP contribution is 2.09. The van der Waals surface area contributed by atoms with E-state index in [0.717, 1.165) is 0 Å². The van der Waals surface area contributed by atoms with Gasteiger partial charge in [0, 0.05) is 18.4 Å². The van der Waals surface area contributed by atoms with Crippen LogP contribution in [0, 0.1) is 5.82 Å². The fourth-order valence-electron chi connectivity index (χ4n) is 1.50. The number of hydrogen-bond donors (Lipinski definition) is 0. The van der Waals surface area contributed by atoms with Crippen LogP contribution < -0.4 is 0 Å². The van der Waals surface area contributed by atoms with Gasteiger partial charge in [-0.05, 0) is 44.5 Å². The quantitative estimate of drug-likeness (QED) is 0.577. The van der Waals surface area contributed by atoms with E-state index in [1.54, 1.807) is 13.8 Å². The average Bonchev–Trinajstić information content (AvgIpc) is 2.28. The maximum Gasteiger partial charge on any atom is 0.306 e. The van der Waals surface area contributed by atoms with Gasteiger partial charge in [0.2, 0.25) is 0 Å². The Kier molecular flexibility index (Phi) is 5.49. The molecule has 0 spiro atoms. The summed E-state index contributed by atoms with van der Waals surface area (Å²) >= 11 is 0. The smallest absolute Gasteiger partial charge is 0.306 e. The first kappa shape index (κ1) is 14.4. The number of halogens is 1. The van der Waals surface area contributed by atoms with Gasteiger partial charge in [0.1, 0.15) is 5.82 Å². The van der Waals surface area contributed by atoms with Gasteiger partial charge in [-0.25, -0.2) is 4.39 Å². The molecular weight excluding hydrogens is 235 g/mol. The first-order valence-electron chi connectivity index (χ1n) is 5.97. The highest BCUT2D eigenvalue weighted by atomic mass is 19.1. The van der Waals surface area contributed by atoms with E-state index < -0.39 is 0 Å². The number of ketones is 1. The molecule has 0 aliphatic rings. The number of benzene rings is 1. The van der Waals surface area contributed by atoms with Gasteiger partial charge in [-0.15, -0.1) is 0 Å². The van der Waals surface area contributed by atoms with E-state index in [2.05, 4.69) is 0 Å². The SMILES string of the molecule is CC(C)OC(=O)CCCC(=O)c1ccc(F)cc1. The summed E-state index contributed by atoms with van der Waals surface area (Å²) in [5.74, 6) is -0.753. The predicted molar refractivity (Wildman–Crippen MR) is 65.8 cm³/mol. The Morgan fingerprint density at radius 3 is 2.33 bits per heavy atom. The Morgan fingerprint density at radius 2 is 1.78 bits per heavy atom. The zero-order valence-corrected chi connectivity index (χ0v) is 10.6. The van der Waals surface area contributed by atoms with E-state index in [1.807, 2.05) is 0 Å². The van der Waals surface area contributed by atoms with Crippen molar-refractivity contribution < 1.29 is 18.7 Å². The van der Waals surface area contributed by atoms with Gasteiger partial charge in [0.15, 0.2) is 5.78 Å². The van der Waals surface area contributed by atoms with Crippen LogP contribution in [-0.4, -0.2) is 17.9 Å². The number of ether oxygens (including phenoxy) is 1. The van der Waals surface area contributed by atoms with Crippen molar-refractivity contribution in [2.45, 2.75) is 39.2 Å². The van der Waals surface area contributed by atoms with Gasteiger partial charge in [-0.1, -0.05) is 0 Å². The molecule has 0 fully saturated rings. The van der Waals surface area contributed by atoms with E-state index in [9.17, 15) is 14.0 Å². The van der Waals surface area contributed by atoms with Crippen LogP contribution in [0.2, 0.25) is 0 Å². The molecule has 1 rings (SSSR count). The third-order valence-electron chi connectivity index (χ3n) is 2.32. The molecule has 0 amide bonds. The molecule has 0 radical (unpaired) electrons. The van der Waals surface area contributed by atoms with Crippen LogP contribution in [0.1, 0.15) is 43.5 Å². The maximum atomic E-state index is 12.7. The molecule has 0 saturated carbocycles. The molecule has 0 bridgehead atoms. The third-order valence-corrected chi connectivity index (χ3v) is 2.32. The number of hydrogen-bond acceptors (Lipinski definition) is 3. The molecule has 1 aromatic carbocycles. The number of esters is 1. The van der Waals surface area contributed by atoms with Crippen molar-refractivity contribution in [1.82, 2.24) is 0 Å². The van der Waals surface area contributed by atoms with E-state index in [1.165, 1.54) is 24.3 Å². The van der Waals surface area contributed by atoms with E-state index in [0.29, 0.717) is 12.0 Å².